The maximum absolute atomic E-state index is 14.3. The smallest absolute Gasteiger partial charge is 0.273 e. The number of anilines is 3. The van der Waals surface area contributed by atoms with Crippen LogP contribution < -0.4 is 14.5 Å². The molecule has 0 spiro atoms. The van der Waals surface area contributed by atoms with Crippen molar-refractivity contribution in [2.24, 2.45) is 0 Å². The summed E-state index contributed by atoms with van der Waals surface area (Å²) in [7, 11) is -3.81. The highest BCUT2D eigenvalue weighted by atomic mass is 35.5. The van der Waals surface area contributed by atoms with Gasteiger partial charge in [-0.2, -0.15) is 0 Å². The first-order valence-corrected chi connectivity index (χ1v) is 15.6. The highest BCUT2D eigenvalue weighted by molar-refractivity contribution is 7.89. The standard InChI is InChI=1S/C32H32ClN3O5S/c1-31(2,3)34-42(39,40)25-11-7-22(8-12-25)32(38)27-20-23(33)9-14-29(27)36(30(32)37)28-6-4-5-21-19-24(10-13-26(21)28)35-15-17-41-18-16-35/h4-14,19-20,34,38H,15-18H2,1-3H3. The fourth-order valence-electron chi connectivity index (χ4n) is 5.70. The van der Waals surface area contributed by atoms with Crippen LogP contribution in [0.4, 0.5) is 17.1 Å². The Morgan fingerprint density at radius 3 is 2.33 bits per heavy atom. The maximum Gasteiger partial charge on any atom is 0.273 e. The average Bonchev–Trinajstić information content (AvgIpc) is 3.18. The van der Waals surface area contributed by atoms with Crippen molar-refractivity contribution in [2.75, 3.05) is 36.1 Å². The van der Waals surface area contributed by atoms with Gasteiger partial charge in [0.15, 0.2) is 5.60 Å². The highest BCUT2D eigenvalue weighted by Crippen LogP contribution is 2.50. The van der Waals surface area contributed by atoms with E-state index in [2.05, 4.69) is 15.7 Å². The van der Waals surface area contributed by atoms with E-state index in [1.165, 1.54) is 29.2 Å². The van der Waals surface area contributed by atoms with Crippen molar-refractivity contribution < 1.29 is 23.1 Å². The van der Waals surface area contributed by atoms with E-state index in [1.54, 1.807) is 39.0 Å². The Kier molecular flexibility index (Phi) is 7.06. The van der Waals surface area contributed by atoms with E-state index in [0.717, 1.165) is 29.5 Å². The Morgan fingerprint density at radius 1 is 0.929 bits per heavy atom. The second-order valence-corrected chi connectivity index (χ2v) is 13.8. The molecule has 1 atom stereocenters. The molecular formula is C32H32ClN3O5S. The van der Waals surface area contributed by atoms with E-state index in [0.29, 0.717) is 35.2 Å². The van der Waals surface area contributed by atoms with Crippen LogP contribution in [0.2, 0.25) is 5.02 Å². The predicted molar refractivity (Wildman–Crippen MR) is 165 cm³/mol. The van der Waals surface area contributed by atoms with E-state index in [-0.39, 0.29) is 10.5 Å². The molecule has 0 aromatic heterocycles. The molecule has 2 aliphatic heterocycles. The number of halogens is 1. The van der Waals surface area contributed by atoms with Crippen molar-refractivity contribution in [2.45, 2.75) is 36.8 Å². The maximum atomic E-state index is 14.3. The van der Waals surface area contributed by atoms with Gasteiger partial charge in [0.25, 0.3) is 5.91 Å². The first-order valence-electron chi connectivity index (χ1n) is 13.8. The molecule has 0 radical (unpaired) electrons. The number of fused-ring (bicyclic) bond motifs is 2. The minimum absolute atomic E-state index is 0.0310. The summed E-state index contributed by atoms with van der Waals surface area (Å²) < 4.78 is 33.9. The lowest BCUT2D eigenvalue weighted by Gasteiger charge is -2.29. The molecule has 6 rings (SSSR count). The number of carbonyl (C=O) groups is 1. The summed E-state index contributed by atoms with van der Waals surface area (Å²) in [4.78, 5) is 18.1. The number of nitrogens with one attached hydrogen (secondary N) is 1. The fourth-order valence-corrected chi connectivity index (χ4v) is 7.29. The van der Waals surface area contributed by atoms with Crippen molar-refractivity contribution in [1.29, 1.82) is 0 Å². The topological polar surface area (TPSA) is 99.2 Å². The summed E-state index contributed by atoms with van der Waals surface area (Å²) in [5.41, 5.74) is 0.00982. The van der Waals surface area contributed by atoms with Crippen molar-refractivity contribution in [3.63, 3.8) is 0 Å². The number of hydrogen-bond acceptors (Lipinski definition) is 6. The molecule has 1 amide bonds. The zero-order chi connectivity index (χ0) is 29.9. The second kappa shape index (κ2) is 10.4. The van der Waals surface area contributed by atoms with Gasteiger partial charge >= 0.3 is 0 Å². The number of hydrogen-bond donors (Lipinski definition) is 2. The summed E-state index contributed by atoms with van der Waals surface area (Å²) in [6, 6.07) is 22.6. The summed E-state index contributed by atoms with van der Waals surface area (Å²) >= 11 is 6.37. The molecule has 2 heterocycles. The number of rotatable bonds is 5. The SMILES string of the molecule is CC(C)(C)NS(=O)(=O)c1ccc(C2(O)C(=O)N(c3cccc4cc(N5CCOCC5)ccc34)c3ccc(Cl)cc32)cc1. The number of benzene rings is 4. The third kappa shape index (κ3) is 4.95. The lowest BCUT2D eigenvalue weighted by Crippen LogP contribution is -2.41. The number of nitrogens with zero attached hydrogens (tertiary/aromatic N) is 2. The van der Waals surface area contributed by atoms with Crippen LogP contribution >= 0.6 is 11.6 Å². The van der Waals surface area contributed by atoms with Crippen LogP contribution in [0.1, 0.15) is 31.9 Å². The lowest BCUT2D eigenvalue weighted by atomic mass is 9.87. The first kappa shape index (κ1) is 28.6. The Balaban J connectivity index is 1.43. The Morgan fingerprint density at radius 2 is 1.64 bits per heavy atom. The van der Waals surface area contributed by atoms with Crippen molar-refractivity contribution in [1.82, 2.24) is 4.72 Å². The molecule has 2 N–H and O–H groups in total. The van der Waals surface area contributed by atoms with Gasteiger partial charge in [-0.25, -0.2) is 13.1 Å². The molecular weight excluding hydrogens is 574 g/mol. The van der Waals surface area contributed by atoms with Crippen molar-refractivity contribution in [3.05, 3.63) is 95.0 Å². The zero-order valence-corrected chi connectivity index (χ0v) is 25.2. The Bertz CT molecular complexity index is 1800. The highest BCUT2D eigenvalue weighted by Gasteiger charge is 2.52. The van der Waals surface area contributed by atoms with Crippen LogP contribution in [0, 0.1) is 0 Å². The van der Waals surface area contributed by atoms with Crippen LogP contribution in [0.15, 0.2) is 83.8 Å². The third-order valence-corrected chi connectivity index (χ3v) is 9.59. The molecule has 1 unspecified atom stereocenters. The fraction of sp³-hybridized carbons (Fsp3) is 0.281. The van der Waals surface area contributed by atoms with Crippen molar-refractivity contribution >= 4 is 55.4 Å². The van der Waals surface area contributed by atoms with Crippen LogP contribution in [0.3, 0.4) is 0 Å². The molecule has 8 nitrogen and oxygen atoms in total. The predicted octanol–water partition coefficient (Wildman–Crippen LogP) is 5.32. The summed E-state index contributed by atoms with van der Waals surface area (Å²) in [5, 5.41) is 14.3. The van der Waals surface area contributed by atoms with Gasteiger partial charge in [-0.3, -0.25) is 9.69 Å². The van der Waals surface area contributed by atoms with E-state index in [9.17, 15) is 18.3 Å². The van der Waals surface area contributed by atoms with E-state index >= 15 is 0 Å². The molecule has 42 heavy (non-hydrogen) atoms. The molecule has 218 valence electrons. The summed E-state index contributed by atoms with van der Waals surface area (Å²) in [6.07, 6.45) is 0. The normalized spacial score (nSPS) is 19.4. The van der Waals surface area contributed by atoms with Gasteiger partial charge in [-0.1, -0.05) is 41.9 Å². The first-order chi connectivity index (χ1) is 19.9. The largest absolute Gasteiger partial charge is 0.378 e. The summed E-state index contributed by atoms with van der Waals surface area (Å²) in [6.45, 7) is 8.24. The third-order valence-electron chi connectivity index (χ3n) is 7.58. The number of aliphatic hydroxyl groups is 1. The Labute approximate surface area is 250 Å². The molecule has 10 heteroatoms. The van der Waals surface area contributed by atoms with Crippen LogP contribution in [-0.4, -0.2) is 51.3 Å². The van der Waals surface area contributed by atoms with E-state index < -0.39 is 27.1 Å². The lowest BCUT2D eigenvalue weighted by molar-refractivity contribution is -0.131. The number of morpholine rings is 1. The van der Waals surface area contributed by atoms with Crippen LogP contribution in [-0.2, 0) is 25.2 Å². The van der Waals surface area contributed by atoms with Gasteiger partial charge in [0.2, 0.25) is 10.0 Å². The van der Waals surface area contributed by atoms with E-state index in [4.69, 9.17) is 16.3 Å². The molecule has 0 aliphatic carbocycles. The Hall–Kier alpha value is -3.47. The van der Waals surface area contributed by atoms with Gasteiger partial charge < -0.3 is 14.7 Å². The quantitative estimate of drug-likeness (QED) is 0.319. The molecule has 4 aromatic carbocycles. The number of ether oxygens (including phenoxy) is 1. The van der Waals surface area contributed by atoms with Gasteiger partial charge in [-0.15, -0.1) is 0 Å². The number of sulfonamides is 1. The molecule has 2 aliphatic rings. The van der Waals surface area contributed by atoms with Gasteiger partial charge in [-0.05, 0) is 80.3 Å². The number of amides is 1. The van der Waals surface area contributed by atoms with Crippen molar-refractivity contribution in [3.8, 4) is 0 Å². The van der Waals surface area contributed by atoms with Gasteiger partial charge in [0, 0.05) is 40.3 Å². The molecule has 0 saturated carbocycles. The zero-order valence-electron chi connectivity index (χ0n) is 23.6. The van der Waals surface area contributed by atoms with E-state index in [1.807, 2.05) is 30.3 Å². The monoisotopic (exact) mass is 605 g/mol. The molecule has 1 fully saturated rings. The number of carbonyl (C=O) groups excluding carboxylic acids is 1. The van der Waals surface area contributed by atoms with Gasteiger partial charge in [0.1, 0.15) is 0 Å². The molecule has 1 saturated heterocycles. The van der Waals surface area contributed by atoms with Crippen LogP contribution in [0.25, 0.3) is 10.8 Å². The average molecular weight is 606 g/mol. The molecule has 4 aromatic rings. The van der Waals surface area contributed by atoms with Crippen LogP contribution in [0.5, 0.6) is 0 Å². The summed E-state index contributed by atoms with van der Waals surface area (Å²) in [5.74, 6) is -0.576. The minimum atomic E-state index is -3.81. The molecule has 0 bridgehead atoms. The van der Waals surface area contributed by atoms with Gasteiger partial charge in [0.05, 0.1) is 29.5 Å². The minimum Gasteiger partial charge on any atom is -0.378 e. The second-order valence-electron chi connectivity index (χ2n) is 11.7.